The van der Waals surface area contributed by atoms with Gasteiger partial charge in [-0.1, -0.05) is 0 Å². The summed E-state index contributed by atoms with van der Waals surface area (Å²) in [6.07, 6.45) is 1.46. The second-order valence-electron chi connectivity index (χ2n) is 4.46. The molecular weight excluding hydrogens is 242 g/mol. The molecule has 1 amide bonds. The molecule has 2 aromatic rings. The van der Waals surface area contributed by atoms with E-state index in [0.717, 1.165) is 11.4 Å². The number of carbonyl (C=O) groups excluding carboxylic acids is 1. The van der Waals surface area contributed by atoms with Crippen molar-refractivity contribution in [3.8, 4) is 0 Å². The minimum atomic E-state index is -0.261. The highest BCUT2D eigenvalue weighted by molar-refractivity contribution is 6.07. The van der Waals surface area contributed by atoms with E-state index in [-0.39, 0.29) is 5.91 Å². The molecule has 2 rings (SSSR count). The number of benzene rings is 1. The van der Waals surface area contributed by atoms with Crippen molar-refractivity contribution in [2.24, 2.45) is 7.05 Å². The number of anilines is 3. The summed E-state index contributed by atoms with van der Waals surface area (Å²) < 4.78 is 1.46. The number of nitrogens with two attached hydrogens (primary N) is 1. The Morgan fingerprint density at radius 3 is 2.42 bits per heavy atom. The van der Waals surface area contributed by atoms with Crippen LogP contribution >= 0.6 is 0 Å². The van der Waals surface area contributed by atoms with Crippen molar-refractivity contribution in [3.63, 3.8) is 0 Å². The van der Waals surface area contributed by atoms with Gasteiger partial charge >= 0.3 is 0 Å². The molecule has 0 aliphatic carbocycles. The summed E-state index contributed by atoms with van der Waals surface area (Å²) >= 11 is 0. The molecule has 0 aliphatic rings. The molecule has 19 heavy (non-hydrogen) atoms. The number of amides is 1. The summed E-state index contributed by atoms with van der Waals surface area (Å²) in [6.45, 7) is 0. The van der Waals surface area contributed by atoms with E-state index in [1.807, 2.05) is 43.3 Å². The van der Waals surface area contributed by atoms with E-state index in [9.17, 15) is 4.79 Å². The first kappa shape index (κ1) is 12.9. The molecule has 0 bridgehead atoms. The number of carbonyl (C=O) groups is 1. The monoisotopic (exact) mass is 259 g/mol. The highest BCUT2D eigenvalue weighted by Crippen LogP contribution is 2.17. The van der Waals surface area contributed by atoms with Crippen molar-refractivity contribution in [2.75, 3.05) is 30.0 Å². The molecule has 3 N–H and O–H groups in total. The van der Waals surface area contributed by atoms with Crippen LogP contribution < -0.4 is 16.0 Å². The molecule has 0 saturated heterocycles. The summed E-state index contributed by atoms with van der Waals surface area (Å²) in [7, 11) is 5.62. The molecule has 0 atom stereocenters. The third-order valence-corrected chi connectivity index (χ3v) is 2.87. The molecule has 0 aliphatic heterocycles. The van der Waals surface area contributed by atoms with Crippen molar-refractivity contribution in [2.45, 2.75) is 0 Å². The fraction of sp³-hybridized carbons (Fsp3) is 0.231. The third-order valence-electron chi connectivity index (χ3n) is 2.87. The van der Waals surface area contributed by atoms with Crippen LogP contribution in [-0.2, 0) is 7.05 Å². The largest absolute Gasteiger partial charge is 0.383 e. The van der Waals surface area contributed by atoms with Gasteiger partial charge in [0.2, 0.25) is 0 Å². The molecular formula is C13H17N5O. The molecule has 1 aromatic carbocycles. The van der Waals surface area contributed by atoms with E-state index in [4.69, 9.17) is 5.73 Å². The zero-order chi connectivity index (χ0) is 14.0. The van der Waals surface area contributed by atoms with Crippen LogP contribution in [0.1, 0.15) is 10.4 Å². The van der Waals surface area contributed by atoms with Crippen molar-refractivity contribution in [1.82, 2.24) is 9.78 Å². The molecule has 0 unspecified atom stereocenters. The Morgan fingerprint density at radius 1 is 1.32 bits per heavy atom. The molecule has 100 valence electrons. The first-order valence-electron chi connectivity index (χ1n) is 5.85. The van der Waals surface area contributed by atoms with Crippen LogP contribution in [0, 0.1) is 0 Å². The van der Waals surface area contributed by atoms with Crippen LogP contribution in [0.3, 0.4) is 0 Å². The number of nitrogen functional groups attached to an aromatic ring is 1. The second kappa shape index (κ2) is 5.01. The fourth-order valence-corrected chi connectivity index (χ4v) is 1.66. The van der Waals surface area contributed by atoms with Crippen molar-refractivity contribution < 1.29 is 4.79 Å². The predicted octanol–water partition coefficient (Wildman–Crippen LogP) is 1.32. The van der Waals surface area contributed by atoms with Crippen LogP contribution in [-0.4, -0.2) is 29.8 Å². The van der Waals surface area contributed by atoms with E-state index >= 15 is 0 Å². The van der Waals surface area contributed by atoms with Crippen molar-refractivity contribution in [3.05, 3.63) is 36.0 Å². The molecule has 6 heteroatoms. The quantitative estimate of drug-likeness (QED) is 0.871. The average molecular weight is 259 g/mol. The van der Waals surface area contributed by atoms with Gasteiger partial charge in [-0.25, -0.2) is 0 Å². The average Bonchev–Trinajstić information content (AvgIpc) is 2.70. The lowest BCUT2D eigenvalue weighted by molar-refractivity contribution is 0.102. The molecule has 0 radical (unpaired) electrons. The zero-order valence-electron chi connectivity index (χ0n) is 11.2. The minimum absolute atomic E-state index is 0.261. The van der Waals surface area contributed by atoms with Gasteiger partial charge in [0.1, 0.15) is 11.4 Å². The number of aryl methyl sites for hydroxylation is 1. The molecule has 0 saturated carbocycles. The lowest BCUT2D eigenvalue weighted by Gasteiger charge is -2.12. The summed E-state index contributed by atoms with van der Waals surface area (Å²) in [5.74, 6) is 0.0885. The maximum absolute atomic E-state index is 12.0. The minimum Gasteiger partial charge on any atom is -0.383 e. The fourth-order valence-electron chi connectivity index (χ4n) is 1.66. The Bertz CT molecular complexity index is 586. The van der Waals surface area contributed by atoms with E-state index in [1.54, 1.807) is 7.05 Å². The van der Waals surface area contributed by atoms with Crippen LogP contribution in [0.25, 0.3) is 0 Å². The summed E-state index contributed by atoms with van der Waals surface area (Å²) in [5.41, 5.74) is 7.92. The van der Waals surface area contributed by atoms with E-state index in [2.05, 4.69) is 10.4 Å². The summed E-state index contributed by atoms with van der Waals surface area (Å²) in [6, 6.07) is 7.56. The first-order chi connectivity index (χ1) is 8.99. The molecule has 0 fully saturated rings. The highest BCUT2D eigenvalue weighted by Gasteiger charge is 2.13. The van der Waals surface area contributed by atoms with Gasteiger partial charge in [-0.15, -0.1) is 0 Å². The number of nitrogens with one attached hydrogen (secondary N) is 1. The SMILES string of the molecule is CN(C)c1ccc(NC(=O)c2cnn(C)c2N)cc1. The van der Waals surface area contributed by atoms with Gasteiger partial charge in [0.05, 0.1) is 6.20 Å². The normalized spacial score (nSPS) is 10.3. The van der Waals surface area contributed by atoms with Gasteiger partial charge in [0.15, 0.2) is 0 Å². The molecule has 1 aromatic heterocycles. The maximum atomic E-state index is 12.0. The van der Waals surface area contributed by atoms with E-state index in [1.165, 1.54) is 10.9 Å². The smallest absolute Gasteiger partial charge is 0.261 e. The number of aromatic nitrogens is 2. The van der Waals surface area contributed by atoms with E-state index < -0.39 is 0 Å². The van der Waals surface area contributed by atoms with Crippen LogP contribution in [0.15, 0.2) is 30.5 Å². The molecule has 1 heterocycles. The lowest BCUT2D eigenvalue weighted by atomic mass is 10.2. The predicted molar refractivity (Wildman–Crippen MR) is 76.3 cm³/mol. The van der Waals surface area contributed by atoms with Gasteiger partial charge in [0.25, 0.3) is 5.91 Å². The van der Waals surface area contributed by atoms with Gasteiger partial charge < -0.3 is 16.0 Å². The van der Waals surface area contributed by atoms with Gasteiger partial charge in [-0.3, -0.25) is 9.48 Å². The first-order valence-corrected chi connectivity index (χ1v) is 5.85. The molecule has 6 nitrogen and oxygen atoms in total. The van der Waals surface area contributed by atoms with Crippen LogP contribution in [0.2, 0.25) is 0 Å². The number of hydrogen-bond donors (Lipinski definition) is 2. The third kappa shape index (κ3) is 2.67. The number of hydrogen-bond acceptors (Lipinski definition) is 4. The van der Waals surface area contributed by atoms with E-state index in [0.29, 0.717) is 11.4 Å². The Balaban J connectivity index is 2.13. The highest BCUT2D eigenvalue weighted by atomic mass is 16.1. The maximum Gasteiger partial charge on any atom is 0.261 e. The zero-order valence-corrected chi connectivity index (χ0v) is 11.2. The van der Waals surface area contributed by atoms with Crippen molar-refractivity contribution >= 4 is 23.1 Å². The van der Waals surface area contributed by atoms with Gasteiger partial charge in [-0.05, 0) is 24.3 Å². The van der Waals surface area contributed by atoms with Crippen LogP contribution in [0.4, 0.5) is 17.2 Å². The Labute approximate surface area is 111 Å². The Morgan fingerprint density at radius 2 is 1.95 bits per heavy atom. The standard InChI is InChI=1S/C13H17N5O/c1-17(2)10-6-4-9(5-7-10)16-13(19)11-8-15-18(3)12(11)14/h4-8H,14H2,1-3H3,(H,16,19). The van der Waals surface area contributed by atoms with Crippen LogP contribution in [0.5, 0.6) is 0 Å². The van der Waals surface area contributed by atoms with Gasteiger partial charge in [-0.2, -0.15) is 5.10 Å². The number of nitrogens with zero attached hydrogens (tertiary/aromatic N) is 3. The van der Waals surface area contributed by atoms with Gasteiger partial charge in [0, 0.05) is 32.5 Å². The summed E-state index contributed by atoms with van der Waals surface area (Å²) in [4.78, 5) is 14.0. The second-order valence-corrected chi connectivity index (χ2v) is 4.46. The Kier molecular flexibility index (Phi) is 3.41. The molecule has 0 spiro atoms. The Hall–Kier alpha value is -2.50. The van der Waals surface area contributed by atoms with Crippen molar-refractivity contribution in [1.29, 1.82) is 0 Å². The lowest BCUT2D eigenvalue weighted by Crippen LogP contribution is -2.14. The topological polar surface area (TPSA) is 76.2 Å². The summed E-state index contributed by atoms with van der Waals surface area (Å²) in [5, 5.41) is 6.73. The number of rotatable bonds is 3.